The summed E-state index contributed by atoms with van der Waals surface area (Å²) in [5, 5.41) is 2.56. The number of hydrogen-bond donors (Lipinski definition) is 2. The second-order valence-corrected chi connectivity index (χ2v) is 8.08. The van der Waals surface area contributed by atoms with Gasteiger partial charge < -0.3 is 19.4 Å². The summed E-state index contributed by atoms with van der Waals surface area (Å²) >= 11 is 0. The van der Waals surface area contributed by atoms with Crippen molar-refractivity contribution in [1.29, 1.82) is 0 Å². The van der Waals surface area contributed by atoms with E-state index in [2.05, 4.69) is 93.7 Å². The predicted molar refractivity (Wildman–Crippen MR) is 121 cm³/mol. The van der Waals surface area contributed by atoms with Crippen molar-refractivity contribution in [3.05, 3.63) is 67.3 Å². The summed E-state index contributed by atoms with van der Waals surface area (Å²) in [6.45, 7) is 2.34. The van der Waals surface area contributed by atoms with Gasteiger partial charge in [-0.3, -0.25) is 0 Å². The number of aromatic amines is 2. The molecule has 4 heterocycles. The smallest absolute Gasteiger partial charge is 0.0504 e. The lowest BCUT2D eigenvalue weighted by atomic mass is 9.98. The Morgan fingerprint density at radius 3 is 2.45 bits per heavy atom. The fraction of sp³-hybridized carbons (Fsp3) is 0.200. The Morgan fingerprint density at radius 2 is 1.59 bits per heavy atom. The SMILES string of the molecule is Cn1cc(-c2c[nH]cc2-c2c[nH]c3ccccc23)c2ccc(N3CCCC3)cc21. The summed E-state index contributed by atoms with van der Waals surface area (Å²) in [5.74, 6) is 0. The van der Waals surface area contributed by atoms with E-state index in [0.29, 0.717) is 0 Å². The number of anilines is 1. The molecule has 0 amide bonds. The third kappa shape index (κ3) is 2.52. The van der Waals surface area contributed by atoms with Gasteiger partial charge in [-0.2, -0.15) is 0 Å². The van der Waals surface area contributed by atoms with E-state index in [1.165, 1.54) is 75.7 Å². The highest BCUT2D eigenvalue weighted by Crippen LogP contribution is 2.40. The third-order valence-electron chi connectivity index (χ3n) is 6.36. The van der Waals surface area contributed by atoms with Gasteiger partial charge in [-0.1, -0.05) is 24.3 Å². The van der Waals surface area contributed by atoms with Gasteiger partial charge in [0.05, 0.1) is 5.52 Å². The molecule has 1 fully saturated rings. The van der Waals surface area contributed by atoms with Crippen molar-refractivity contribution in [3.63, 3.8) is 0 Å². The number of benzene rings is 2. The van der Waals surface area contributed by atoms with Crippen LogP contribution in [0.3, 0.4) is 0 Å². The van der Waals surface area contributed by atoms with Crippen LogP contribution in [0.1, 0.15) is 12.8 Å². The highest BCUT2D eigenvalue weighted by molar-refractivity contribution is 6.05. The van der Waals surface area contributed by atoms with Crippen molar-refractivity contribution in [2.24, 2.45) is 7.05 Å². The van der Waals surface area contributed by atoms with E-state index in [4.69, 9.17) is 0 Å². The molecule has 5 aromatic rings. The topological polar surface area (TPSA) is 39.8 Å². The Hall–Kier alpha value is -3.40. The number of aromatic nitrogens is 3. The molecule has 1 aliphatic rings. The van der Waals surface area contributed by atoms with Gasteiger partial charge in [-0.15, -0.1) is 0 Å². The number of nitrogens with zero attached hydrogens (tertiary/aromatic N) is 2. The minimum absolute atomic E-state index is 1.17. The van der Waals surface area contributed by atoms with Gasteiger partial charge in [0, 0.05) is 89.2 Å². The molecule has 0 saturated carbocycles. The van der Waals surface area contributed by atoms with Crippen LogP contribution in [0.25, 0.3) is 44.1 Å². The van der Waals surface area contributed by atoms with Crippen molar-refractivity contribution >= 4 is 27.5 Å². The minimum atomic E-state index is 1.17. The highest BCUT2D eigenvalue weighted by atomic mass is 15.1. The van der Waals surface area contributed by atoms with Crippen LogP contribution in [0.15, 0.2) is 67.3 Å². The Bertz CT molecular complexity index is 1330. The second kappa shape index (κ2) is 6.31. The lowest BCUT2D eigenvalue weighted by Crippen LogP contribution is -2.17. The maximum absolute atomic E-state index is 3.41. The molecule has 0 aliphatic carbocycles. The first-order valence-electron chi connectivity index (χ1n) is 10.4. The third-order valence-corrected chi connectivity index (χ3v) is 6.36. The van der Waals surface area contributed by atoms with Gasteiger partial charge >= 0.3 is 0 Å². The molecule has 4 heteroatoms. The monoisotopic (exact) mass is 380 g/mol. The fourth-order valence-corrected chi connectivity index (χ4v) is 4.86. The average Bonchev–Trinajstić information content (AvgIpc) is 3.53. The van der Waals surface area contributed by atoms with Gasteiger partial charge in [0.25, 0.3) is 0 Å². The maximum Gasteiger partial charge on any atom is 0.0504 e. The van der Waals surface area contributed by atoms with Gasteiger partial charge in [0.1, 0.15) is 0 Å². The molecule has 2 aromatic carbocycles. The molecule has 3 aromatic heterocycles. The number of rotatable bonds is 3. The lowest BCUT2D eigenvalue weighted by molar-refractivity contribution is 0.949. The van der Waals surface area contributed by atoms with Crippen molar-refractivity contribution < 1.29 is 0 Å². The quantitative estimate of drug-likeness (QED) is 0.401. The lowest BCUT2D eigenvalue weighted by Gasteiger charge is -2.17. The number of H-pyrrole nitrogens is 2. The molecule has 1 aliphatic heterocycles. The highest BCUT2D eigenvalue weighted by Gasteiger charge is 2.18. The number of nitrogens with one attached hydrogen (secondary N) is 2. The molecule has 2 N–H and O–H groups in total. The van der Waals surface area contributed by atoms with E-state index in [0.717, 1.165) is 0 Å². The van der Waals surface area contributed by atoms with Gasteiger partial charge in [-0.25, -0.2) is 0 Å². The molecule has 0 radical (unpaired) electrons. The van der Waals surface area contributed by atoms with Crippen LogP contribution >= 0.6 is 0 Å². The Balaban J connectivity index is 1.51. The second-order valence-electron chi connectivity index (χ2n) is 8.08. The minimum Gasteiger partial charge on any atom is -0.371 e. The fourth-order valence-electron chi connectivity index (χ4n) is 4.86. The molecule has 144 valence electrons. The zero-order valence-electron chi connectivity index (χ0n) is 16.6. The first-order chi connectivity index (χ1) is 14.3. The first-order valence-corrected chi connectivity index (χ1v) is 10.4. The van der Waals surface area contributed by atoms with Crippen LogP contribution in [0.4, 0.5) is 5.69 Å². The predicted octanol–water partition coefficient (Wildman–Crippen LogP) is 5.92. The number of para-hydroxylation sites is 1. The van der Waals surface area contributed by atoms with E-state index in [1.807, 2.05) is 0 Å². The molecular weight excluding hydrogens is 356 g/mol. The van der Waals surface area contributed by atoms with Crippen LogP contribution in [0.2, 0.25) is 0 Å². The van der Waals surface area contributed by atoms with E-state index >= 15 is 0 Å². The van der Waals surface area contributed by atoms with Crippen molar-refractivity contribution in [3.8, 4) is 22.3 Å². The summed E-state index contributed by atoms with van der Waals surface area (Å²) in [6, 6.07) is 15.4. The van der Waals surface area contributed by atoms with Crippen LogP contribution in [0.5, 0.6) is 0 Å². The van der Waals surface area contributed by atoms with E-state index in [1.54, 1.807) is 0 Å². The Kier molecular flexibility index (Phi) is 3.60. The van der Waals surface area contributed by atoms with Gasteiger partial charge in [0.15, 0.2) is 0 Å². The number of hydrogen-bond acceptors (Lipinski definition) is 1. The van der Waals surface area contributed by atoms with Gasteiger partial charge in [-0.05, 0) is 31.0 Å². The Labute approximate surface area is 169 Å². The van der Waals surface area contributed by atoms with E-state index in [-0.39, 0.29) is 0 Å². The van der Waals surface area contributed by atoms with Crippen molar-refractivity contribution in [2.75, 3.05) is 18.0 Å². The normalized spacial score (nSPS) is 14.4. The van der Waals surface area contributed by atoms with Crippen molar-refractivity contribution in [1.82, 2.24) is 14.5 Å². The molecule has 1 saturated heterocycles. The molecule has 29 heavy (non-hydrogen) atoms. The molecule has 0 spiro atoms. The molecule has 0 unspecified atom stereocenters. The zero-order valence-corrected chi connectivity index (χ0v) is 16.6. The first kappa shape index (κ1) is 16.5. The molecule has 0 bridgehead atoms. The molecular formula is C25H24N4. The standard InChI is InChI=1S/C25H24N4/c1-28-16-23(19-9-8-17(12-25(19)28)29-10-4-5-11-29)21-14-26-13-20(21)22-15-27-24-7-3-2-6-18(22)24/h2-3,6-9,12-16,26-27H,4-5,10-11H2,1H3. The summed E-state index contributed by atoms with van der Waals surface area (Å²) in [7, 11) is 2.15. The summed E-state index contributed by atoms with van der Waals surface area (Å²) in [5.41, 5.74) is 8.79. The number of aryl methyl sites for hydroxylation is 1. The summed E-state index contributed by atoms with van der Waals surface area (Å²) in [4.78, 5) is 9.26. The largest absolute Gasteiger partial charge is 0.371 e. The Morgan fingerprint density at radius 1 is 0.793 bits per heavy atom. The van der Waals surface area contributed by atoms with Gasteiger partial charge in [0.2, 0.25) is 0 Å². The maximum atomic E-state index is 3.41. The summed E-state index contributed by atoms with van der Waals surface area (Å²) in [6.07, 6.45) is 11.2. The van der Waals surface area contributed by atoms with E-state index < -0.39 is 0 Å². The average molecular weight is 380 g/mol. The zero-order chi connectivity index (χ0) is 19.4. The van der Waals surface area contributed by atoms with Crippen molar-refractivity contribution in [2.45, 2.75) is 12.8 Å². The van der Waals surface area contributed by atoms with Crippen LogP contribution in [-0.4, -0.2) is 27.6 Å². The summed E-state index contributed by atoms with van der Waals surface area (Å²) < 4.78 is 2.26. The van der Waals surface area contributed by atoms with Crippen LogP contribution < -0.4 is 4.90 Å². The van der Waals surface area contributed by atoms with Crippen LogP contribution in [0, 0.1) is 0 Å². The van der Waals surface area contributed by atoms with Crippen LogP contribution in [-0.2, 0) is 7.05 Å². The molecule has 4 nitrogen and oxygen atoms in total. The molecule has 6 rings (SSSR count). The number of fused-ring (bicyclic) bond motifs is 2. The molecule has 0 atom stereocenters. The van der Waals surface area contributed by atoms with E-state index in [9.17, 15) is 0 Å².